The number of nitrogens with one attached hydrogen (secondary N) is 1. The van der Waals surface area contributed by atoms with E-state index >= 15 is 0 Å². The summed E-state index contributed by atoms with van der Waals surface area (Å²) in [6.07, 6.45) is 3.77. The maximum absolute atomic E-state index is 14.0. The Morgan fingerprint density at radius 3 is 2.67 bits per heavy atom. The van der Waals surface area contributed by atoms with Crippen LogP contribution in [-0.4, -0.2) is 46.6 Å². The highest BCUT2D eigenvalue weighted by Gasteiger charge is 2.68. The van der Waals surface area contributed by atoms with Crippen molar-refractivity contribution in [2.75, 3.05) is 23.4 Å². The van der Waals surface area contributed by atoms with Crippen molar-refractivity contribution >= 4 is 29.3 Å². The molecule has 1 aromatic heterocycles. The maximum Gasteiger partial charge on any atom is 0.421 e. The molecule has 0 bridgehead atoms. The fourth-order valence-corrected chi connectivity index (χ4v) is 6.71. The zero-order valence-electron chi connectivity index (χ0n) is 25.4. The van der Waals surface area contributed by atoms with E-state index in [9.17, 15) is 9.59 Å². The molecule has 7 rings (SSSR count). The second kappa shape index (κ2) is 9.98. The molecule has 43 heavy (non-hydrogen) atoms. The summed E-state index contributed by atoms with van der Waals surface area (Å²) < 4.78 is 11.2. The van der Waals surface area contributed by atoms with Gasteiger partial charge in [-0.3, -0.25) is 9.79 Å². The van der Waals surface area contributed by atoms with E-state index < -0.39 is 17.1 Å². The molecule has 1 saturated carbocycles. The fraction of sp³-hybridized carbons (Fsp3) is 0.441. The van der Waals surface area contributed by atoms with Gasteiger partial charge in [-0.05, 0) is 76.6 Å². The summed E-state index contributed by atoms with van der Waals surface area (Å²) in [5.41, 5.74) is 5.32. The van der Waals surface area contributed by atoms with Gasteiger partial charge in [-0.1, -0.05) is 35.9 Å². The highest BCUT2D eigenvalue weighted by Crippen LogP contribution is 2.66. The molecule has 1 N–H and O–H groups in total. The van der Waals surface area contributed by atoms with Crippen molar-refractivity contribution in [3.63, 3.8) is 0 Å². The molecule has 2 fully saturated rings. The van der Waals surface area contributed by atoms with E-state index in [1.165, 1.54) is 4.90 Å². The van der Waals surface area contributed by atoms with Crippen molar-refractivity contribution in [2.24, 2.45) is 4.99 Å². The van der Waals surface area contributed by atoms with Gasteiger partial charge in [0.25, 0.3) is 0 Å². The normalized spacial score (nSPS) is 22.8. The summed E-state index contributed by atoms with van der Waals surface area (Å²) in [4.78, 5) is 42.7. The molecule has 3 aliphatic heterocycles. The first kappa shape index (κ1) is 27.7. The molecule has 2 atom stereocenters. The SMILES string of the molecule is Cc1ccc2c(c1)[C@]1(C[C@H]1c1ccc3c(c1)CN=C3Nc1nc(C3CCOCC3)ncc1C)C(=O)N2C(=O)OC(C)(C)C. The van der Waals surface area contributed by atoms with Crippen LogP contribution in [0, 0.1) is 13.8 Å². The number of aryl methyl sites for hydroxylation is 2. The number of carbonyl (C=O) groups is 2. The van der Waals surface area contributed by atoms with Crippen LogP contribution in [0.5, 0.6) is 0 Å². The number of fused-ring (bicyclic) bond motifs is 3. The third-order valence-electron chi connectivity index (χ3n) is 9.00. The third kappa shape index (κ3) is 4.70. The minimum Gasteiger partial charge on any atom is -0.443 e. The van der Waals surface area contributed by atoms with Crippen molar-refractivity contribution in [1.82, 2.24) is 9.97 Å². The number of amides is 2. The van der Waals surface area contributed by atoms with Crippen molar-refractivity contribution in [3.05, 3.63) is 81.8 Å². The lowest BCUT2D eigenvalue weighted by atomic mass is 9.90. The molecule has 0 unspecified atom stereocenters. The lowest BCUT2D eigenvalue weighted by molar-refractivity contribution is -0.120. The zero-order chi connectivity index (χ0) is 30.1. The first-order valence-electron chi connectivity index (χ1n) is 15.1. The van der Waals surface area contributed by atoms with Gasteiger partial charge in [0.1, 0.15) is 23.1 Å². The minimum absolute atomic E-state index is 0.0264. The van der Waals surface area contributed by atoms with Gasteiger partial charge in [0, 0.05) is 42.4 Å². The van der Waals surface area contributed by atoms with Gasteiger partial charge in [0.15, 0.2) is 0 Å². The number of amidine groups is 1. The summed E-state index contributed by atoms with van der Waals surface area (Å²) >= 11 is 0. The molecule has 9 nitrogen and oxygen atoms in total. The zero-order valence-corrected chi connectivity index (χ0v) is 25.4. The summed E-state index contributed by atoms with van der Waals surface area (Å²) in [5.74, 6) is 2.49. The van der Waals surface area contributed by atoms with E-state index in [1.807, 2.05) is 52.9 Å². The number of aliphatic imine (C=N–C) groups is 1. The van der Waals surface area contributed by atoms with Crippen LogP contribution in [0.4, 0.5) is 16.3 Å². The molecular weight excluding hydrogens is 542 g/mol. The van der Waals surface area contributed by atoms with Gasteiger partial charge in [0.2, 0.25) is 5.91 Å². The number of anilines is 2. The van der Waals surface area contributed by atoms with Gasteiger partial charge >= 0.3 is 6.09 Å². The highest BCUT2D eigenvalue weighted by atomic mass is 16.6. The first-order valence-corrected chi connectivity index (χ1v) is 15.1. The average molecular weight is 580 g/mol. The van der Waals surface area contributed by atoms with E-state index in [0.717, 1.165) is 76.9 Å². The van der Waals surface area contributed by atoms with Crippen molar-refractivity contribution in [2.45, 2.75) is 83.3 Å². The summed E-state index contributed by atoms with van der Waals surface area (Å²) in [6, 6.07) is 12.2. The Kier molecular flexibility index (Phi) is 6.43. The predicted octanol–water partition coefficient (Wildman–Crippen LogP) is 6.07. The number of hydrogen-bond donors (Lipinski definition) is 1. The molecule has 1 aliphatic carbocycles. The fourth-order valence-electron chi connectivity index (χ4n) is 6.71. The topological polar surface area (TPSA) is 106 Å². The lowest BCUT2D eigenvalue weighted by Crippen LogP contribution is -2.41. The Bertz CT molecular complexity index is 1690. The van der Waals surface area contributed by atoms with E-state index in [2.05, 4.69) is 34.6 Å². The number of imide groups is 1. The Morgan fingerprint density at radius 2 is 1.91 bits per heavy atom. The maximum atomic E-state index is 14.0. The number of benzene rings is 2. The highest BCUT2D eigenvalue weighted by molar-refractivity contribution is 6.23. The second-order valence-electron chi connectivity index (χ2n) is 13.2. The minimum atomic E-state index is -0.758. The molecule has 9 heteroatoms. The van der Waals surface area contributed by atoms with Crippen molar-refractivity contribution in [1.29, 1.82) is 0 Å². The quantitative estimate of drug-likeness (QED) is 0.402. The van der Waals surface area contributed by atoms with E-state index in [0.29, 0.717) is 24.6 Å². The van der Waals surface area contributed by atoms with Crippen LogP contribution in [0.15, 0.2) is 47.6 Å². The van der Waals surface area contributed by atoms with Crippen LogP contribution in [-0.2, 0) is 26.2 Å². The number of ether oxygens (including phenoxy) is 2. The van der Waals surface area contributed by atoms with Crippen molar-refractivity contribution in [3.8, 4) is 0 Å². The molecular formula is C34H37N5O4. The molecule has 4 aliphatic rings. The number of nitrogens with zero attached hydrogens (tertiary/aromatic N) is 4. The second-order valence-corrected chi connectivity index (χ2v) is 13.2. The molecule has 2 amide bonds. The van der Waals surface area contributed by atoms with Crippen LogP contribution in [0.1, 0.15) is 91.1 Å². The van der Waals surface area contributed by atoms with Crippen LogP contribution in [0.3, 0.4) is 0 Å². The summed E-state index contributed by atoms with van der Waals surface area (Å²) in [5, 5.41) is 3.48. The molecule has 1 spiro atoms. The Balaban J connectivity index is 1.14. The Labute approximate surface area is 251 Å². The molecule has 2 aromatic carbocycles. The van der Waals surface area contributed by atoms with Crippen molar-refractivity contribution < 1.29 is 19.1 Å². The Hall–Kier alpha value is -4.11. The average Bonchev–Trinajstić information content (AvgIpc) is 3.54. The molecule has 1 saturated heterocycles. The summed E-state index contributed by atoms with van der Waals surface area (Å²) in [7, 11) is 0. The standard InChI is InChI=1S/C34H37N5O4/c1-19-6-9-27-25(14-19)34(31(40)39(27)32(41)43-33(3,4)5)16-26(34)22-7-8-24-23(15-22)18-36-30(24)38-28-20(2)17-35-29(37-28)21-10-12-42-13-11-21/h6-9,14-15,17,21,26H,10-13,16,18H2,1-5H3,(H,35,36,37,38)/t26-,34-/m0/s1. The number of rotatable bonds is 3. The summed E-state index contributed by atoms with van der Waals surface area (Å²) in [6.45, 7) is 11.5. The largest absolute Gasteiger partial charge is 0.443 e. The third-order valence-corrected chi connectivity index (χ3v) is 9.00. The number of carbonyl (C=O) groups excluding carboxylic acids is 2. The van der Waals surface area contributed by atoms with Gasteiger partial charge in [-0.2, -0.15) is 0 Å². The molecule has 3 aromatic rings. The van der Waals surface area contributed by atoms with Gasteiger partial charge in [0.05, 0.1) is 17.6 Å². The van der Waals surface area contributed by atoms with E-state index in [4.69, 9.17) is 19.5 Å². The van der Waals surface area contributed by atoms with E-state index in [1.54, 1.807) is 0 Å². The smallest absolute Gasteiger partial charge is 0.421 e. The van der Waals surface area contributed by atoms with Crippen LogP contribution in [0.25, 0.3) is 0 Å². The monoisotopic (exact) mass is 579 g/mol. The van der Waals surface area contributed by atoms with E-state index in [-0.39, 0.29) is 11.8 Å². The van der Waals surface area contributed by atoms with Crippen LogP contribution >= 0.6 is 0 Å². The first-order chi connectivity index (χ1) is 20.5. The van der Waals surface area contributed by atoms with Crippen LogP contribution < -0.4 is 10.2 Å². The molecule has 0 radical (unpaired) electrons. The molecule has 222 valence electrons. The lowest BCUT2D eigenvalue weighted by Gasteiger charge is -2.24. The van der Waals surface area contributed by atoms with Gasteiger partial charge < -0.3 is 14.8 Å². The van der Waals surface area contributed by atoms with Crippen LogP contribution in [0.2, 0.25) is 0 Å². The predicted molar refractivity (Wildman–Crippen MR) is 164 cm³/mol. The van der Waals surface area contributed by atoms with Gasteiger partial charge in [-0.15, -0.1) is 0 Å². The number of hydrogen-bond acceptors (Lipinski definition) is 8. The Morgan fingerprint density at radius 1 is 1.12 bits per heavy atom. The molecule has 4 heterocycles. The van der Waals surface area contributed by atoms with Gasteiger partial charge in [-0.25, -0.2) is 19.7 Å². The number of aromatic nitrogens is 2.